The number of ether oxygens (including phenoxy) is 1. The van der Waals surface area contributed by atoms with Gasteiger partial charge in [-0.05, 0) is 25.0 Å². The molecule has 2 rings (SSSR count). The van der Waals surface area contributed by atoms with E-state index < -0.39 is 6.10 Å². The van der Waals surface area contributed by atoms with E-state index in [-0.39, 0.29) is 10.6 Å². The summed E-state index contributed by atoms with van der Waals surface area (Å²) in [6.07, 6.45) is 0.269. The van der Waals surface area contributed by atoms with Crippen LogP contribution in [0.3, 0.4) is 0 Å². The van der Waals surface area contributed by atoms with Crippen molar-refractivity contribution in [2.24, 2.45) is 5.92 Å². The molecule has 110 valence electrons. The molecule has 1 aliphatic rings. The number of nitro benzene ring substituents is 1. The maximum atomic E-state index is 11.2. The average Bonchev–Trinajstić information content (AvgIpc) is 2.86. The first-order valence-corrected chi connectivity index (χ1v) is 6.73. The van der Waals surface area contributed by atoms with Crippen molar-refractivity contribution in [3.05, 3.63) is 33.9 Å². The molecule has 2 atom stereocenters. The third-order valence-electron chi connectivity index (χ3n) is 3.71. The Hall–Kier alpha value is -1.66. The van der Waals surface area contributed by atoms with E-state index in [4.69, 9.17) is 4.74 Å². The number of benzene rings is 1. The van der Waals surface area contributed by atoms with Gasteiger partial charge in [-0.2, -0.15) is 0 Å². The number of nitro groups is 1. The molecule has 0 amide bonds. The second-order valence-electron chi connectivity index (χ2n) is 5.24. The van der Waals surface area contributed by atoms with E-state index in [9.17, 15) is 15.2 Å². The summed E-state index contributed by atoms with van der Waals surface area (Å²) in [6.45, 7) is 3.84. The fourth-order valence-corrected chi connectivity index (χ4v) is 2.64. The second-order valence-corrected chi connectivity index (χ2v) is 5.24. The van der Waals surface area contributed by atoms with Crippen LogP contribution in [0.1, 0.15) is 25.0 Å². The van der Waals surface area contributed by atoms with E-state index in [0.717, 1.165) is 19.5 Å². The number of aliphatic hydroxyl groups is 1. The van der Waals surface area contributed by atoms with Crippen LogP contribution in [0.15, 0.2) is 18.2 Å². The highest BCUT2D eigenvalue weighted by Gasteiger charge is 2.28. The van der Waals surface area contributed by atoms with Gasteiger partial charge >= 0.3 is 0 Å². The molecule has 6 heteroatoms. The van der Waals surface area contributed by atoms with Crippen molar-refractivity contribution in [2.75, 3.05) is 31.7 Å². The van der Waals surface area contributed by atoms with E-state index in [2.05, 4.69) is 0 Å². The fourth-order valence-electron chi connectivity index (χ4n) is 2.64. The fraction of sp³-hybridized carbons (Fsp3) is 0.571. The molecule has 0 bridgehead atoms. The Labute approximate surface area is 118 Å². The number of aliphatic hydroxyl groups excluding tert-OH is 1. The molecular formula is C14H20N2O4. The largest absolute Gasteiger partial charge is 0.389 e. The highest BCUT2D eigenvalue weighted by molar-refractivity contribution is 5.65. The van der Waals surface area contributed by atoms with Crippen molar-refractivity contribution in [3.63, 3.8) is 0 Å². The summed E-state index contributed by atoms with van der Waals surface area (Å²) in [6, 6.07) is 4.94. The molecular weight excluding hydrogens is 260 g/mol. The molecule has 0 aromatic heterocycles. The zero-order valence-electron chi connectivity index (χ0n) is 11.8. The topological polar surface area (TPSA) is 75.8 Å². The second kappa shape index (κ2) is 6.19. The minimum atomic E-state index is -0.706. The van der Waals surface area contributed by atoms with E-state index >= 15 is 0 Å². The monoisotopic (exact) mass is 280 g/mol. The summed E-state index contributed by atoms with van der Waals surface area (Å²) in [4.78, 5) is 12.9. The Morgan fingerprint density at radius 1 is 1.60 bits per heavy atom. The van der Waals surface area contributed by atoms with Gasteiger partial charge in [-0.25, -0.2) is 0 Å². The molecule has 20 heavy (non-hydrogen) atoms. The molecule has 1 unspecified atom stereocenters. The highest BCUT2D eigenvalue weighted by atomic mass is 16.6. The molecule has 1 aliphatic heterocycles. The maximum absolute atomic E-state index is 11.2. The lowest BCUT2D eigenvalue weighted by atomic mass is 10.1. The van der Waals surface area contributed by atoms with Gasteiger partial charge in [-0.15, -0.1) is 0 Å². The van der Waals surface area contributed by atoms with Crippen LogP contribution >= 0.6 is 0 Å². The molecule has 0 aliphatic carbocycles. The lowest BCUT2D eigenvalue weighted by Crippen LogP contribution is -2.22. The van der Waals surface area contributed by atoms with Crippen molar-refractivity contribution in [1.29, 1.82) is 0 Å². The predicted octanol–water partition coefficient (Wildman–Crippen LogP) is 2.12. The first-order chi connectivity index (χ1) is 9.52. The molecule has 0 radical (unpaired) electrons. The number of hydrogen-bond acceptors (Lipinski definition) is 5. The third kappa shape index (κ3) is 3.08. The summed E-state index contributed by atoms with van der Waals surface area (Å²) in [5.74, 6) is 0.413. The van der Waals surface area contributed by atoms with Gasteiger partial charge < -0.3 is 14.7 Å². The van der Waals surface area contributed by atoms with Gasteiger partial charge in [0, 0.05) is 32.2 Å². The first kappa shape index (κ1) is 14.7. The lowest BCUT2D eigenvalue weighted by Gasteiger charge is -2.19. The molecule has 1 fully saturated rings. The zero-order chi connectivity index (χ0) is 14.7. The van der Waals surface area contributed by atoms with Crippen molar-refractivity contribution in [1.82, 2.24) is 0 Å². The van der Waals surface area contributed by atoms with E-state index in [1.54, 1.807) is 26.2 Å². The van der Waals surface area contributed by atoms with Gasteiger partial charge in [-0.1, -0.05) is 6.07 Å². The molecule has 1 aromatic rings. The molecule has 1 aromatic carbocycles. The number of methoxy groups -OCH3 is 1. The van der Waals surface area contributed by atoms with Crippen LogP contribution in [0.25, 0.3) is 0 Å². The zero-order valence-corrected chi connectivity index (χ0v) is 11.8. The standard InChI is InChI=1S/C14H20N2O4/c1-10(17)12-3-4-13(14(7-12)16(18)19)15-6-5-11(8-15)9-20-2/h3-4,7,10-11,17H,5-6,8-9H2,1-2H3/t10-,11?/m0/s1. The van der Waals surface area contributed by atoms with Gasteiger partial charge in [0.1, 0.15) is 5.69 Å². The molecule has 0 saturated carbocycles. The lowest BCUT2D eigenvalue weighted by molar-refractivity contribution is -0.384. The number of rotatable bonds is 5. The molecule has 6 nitrogen and oxygen atoms in total. The summed E-state index contributed by atoms with van der Waals surface area (Å²) in [5.41, 5.74) is 1.24. The number of nitrogens with zero attached hydrogens (tertiary/aromatic N) is 2. The third-order valence-corrected chi connectivity index (χ3v) is 3.71. The first-order valence-electron chi connectivity index (χ1n) is 6.73. The van der Waals surface area contributed by atoms with Gasteiger partial charge in [0.25, 0.3) is 5.69 Å². The Bertz CT molecular complexity index is 490. The van der Waals surface area contributed by atoms with Crippen LogP contribution in [-0.4, -0.2) is 36.8 Å². The minimum absolute atomic E-state index is 0.0569. The Balaban J connectivity index is 2.25. The smallest absolute Gasteiger partial charge is 0.292 e. The summed E-state index contributed by atoms with van der Waals surface area (Å²) in [5, 5.41) is 20.8. The molecule has 1 saturated heterocycles. The summed E-state index contributed by atoms with van der Waals surface area (Å²) in [7, 11) is 1.67. The van der Waals surface area contributed by atoms with Crippen LogP contribution in [-0.2, 0) is 4.74 Å². The van der Waals surface area contributed by atoms with Crippen LogP contribution in [0, 0.1) is 16.0 Å². The van der Waals surface area contributed by atoms with E-state index in [0.29, 0.717) is 23.8 Å². The van der Waals surface area contributed by atoms with E-state index in [1.165, 1.54) is 6.07 Å². The molecule has 1 heterocycles. The highest BCUT2D eigenvalue weighted by Crippen LogP contribution is 2.34. The quantitative estimate of drug-likeness (QED) is 0.660. The number of anilines is 1. The van der Waals surface area contributed by atoms with Gasteiger partial charge in [0.2, 0.25) is 0 Å². The van der Waals surface area contributed by atoms with Crippen LogP contribution in [0.5, 0.6) is 0 Å². The van der Waals surface area contributed by atoms with Crippen molar-refractivity contribution < 1.29 is 14.8 Å². The number of hydrogen-bond donors (Lipinski definition) is 1. The van der Waals surface area contributed by atoms with Gasteiger partial charge in [0.15, 0.2) is 0 Å². The minimum Gasteiger partial charge on any atom is -0.389 e. The maximum Gasteiger partial charge on any atom is 0.292 e. The van der Waals surface area contributed by atoms with Crippen LogP contribution in [0.4, 0.5) is 11.4 Å². The normalized spacial score (nSPS) is 20.1. The summed E-state index contributed by atoms with van der Waals surface area (Å²) < 4.78 is 5.14. The Kier molecular flexibility index (Phi) is 4.57. The van der Waals surface area contributed by atoms with Crippen molar-refractivity contribution in [2.45, 2.75) is 19.4 Å². The summed E-state index contributed by atoms with van der Waals surface area (Å²) >= 11 is 0. The molecule has 1 N–H and O–H groups in total. The molecule has 0 spiro atoms. The van der Waals surface area contributed by atoms with Crippen molar-refractivity contribution >= 4 is 11.4 Å². The van der Waals surface area contributed by atoms with Crippen LogP contribution in [0.2, 0.25) is 0 Å². The SMILES string of the molecule is COCC1CCN(c2ccc([C@H](C)O)cc2[N+](=O)[O-])C1. The van der Waals surface area contributed by atoms with Gasteiger partial charge in [-0.3, -0.25) is 10.1 Å². The van der Waals surface area contributed by atoms with Gasteiger partial charge in [0.05, 0.1) is 17.6 Å². The van der Waals surface area contributed by atoms with Crippen molar-refractivity contribution in [3.8, 4) is 0 Å². The van der Waals surface area contributed by atoms with Crippen LogP contribution < -0.4 is 4.90 Å². The Morgan fingerprint density at radius 3 is 2.95 bits per heavy atom. The predicted molar refractivity (Wildman–Crippen MR) is 75.9 cm³/mol. The van der Waals surface area contributed by atoms with E-state index in [1.807, 2.05) is 4.90 Å². The Morgan fingerprint density at radius 2 is 2.35 bits per heavy atom. The average molecular weight is 280 g/mol.